The molecule has 0 aromatic heterocycles. The summed E-state index contributed by atoms with van der Waals surface area (Å²) in [6, 6.07) is 13.8. The van der Waals surface area contributed by atoms with Crippen molar-refractivity contribution < 1.29 is 19.4 Å². The summed E-state index contributed by atoms with van der Waals surface area (Å²) >= 11 is 0. The number of nitriles is 1. The van der Waals surface area contributed by atoms with Gasteiger partial charge in [0, 0.05) is 6.54 Å². The van der Waals surface area contributed by atoms with Gasteiger partial charge >= 0.3 is 0 Å². The normalized spacial score (nSPS) is 11.1. The lowest BCUT2D eigenvalue weighted by atomic mass is 10.1. The van der Waals surface area contributed by atoms with E-state index in [0.29, 0.717) is 11.5 Å². The molecule has 138 valence electrons. The topological polar surface area (TPSA) is 91.6 Å². The molecule has 6 nitrogen and oxygen atoms in total. The van der Waals surface area contributed by atoms with Crippen molar-refractivity contribution in [2.75, 3.05) is 14.2 Å². The van der Waals surface area contributed by atoms with E-state index in [9.17, 15) is 15.2 Å². The quantitative estimate of drug-likeness (QED) is 0.447. The van der Waals surface area contributed by atoms with E-state index < -0.39 is 5.91 Å². The molecule has 0 radical (unpaired) electrons. The third-order valence-corrected chi connectivity index (χ3v) is 3.71. The number of aromatic hydroxyl groups is 1. The molecule has 6 heteroatoms. The summed E-state index contributed by atoms with van der Waals surface area (Å²) in [5.74, 6) is 0.874. The zero-order valence-corrected chi connectivity index (χ0v) is 15.1. The average Bonchev–Trinajstić information content (AvgIpc) is 2.70. The van der Waals surface area contributed by atoms with Crippen molar-refractivity contribution in [1.29, 1.82) is 5.26 Å². The number of carbonyl (C=O) groups is 1. The zero-order valence-electron chi connectivity index (χ0n) is 15.1. The number of phenols is 1. The third-order valence-electron chi connectivity index (χ3n) is 3.71. The highest BCUT2D eigenvalue weighted by atomic mass is 16.5. The second-order valence-corrected chi connectivity index (χ2v) is 5.51. The number of phenolic OH excluding ortho intramolecular Hbond substituents is 1. The van der Waals surface area contributed by atoms with Crippen LogP contribution >= 0.6 is 0 Å². The standard InChI is InChI=1S/C21H20N2O4/c1-26-19-11-8-16(12-20(19)27-2)14-23-21(25)17(13-22)5-3-4-15-6-9-18(24)10-7-15/h3-12,24H,14H2,1-2H3,(H,23,25)/b4-3+,17-5+. The first-order chi connectivity index (χ1) is 13.1. The van der Waals surface area contributed by atoms with Gasteiger partial charge in [-0.3, -0.25) is 4.79 Å². The summed E-state index contributed by atoms with van der Waals surface area (Å²) in [5.41, 5.74) is 1.65. The van der Waals surface area contributed by atoms with Crippen LogP contribution in [0.2, 0.25) is 0 Å². The van der Waals surface area contributed by atoms with Crippen molar-refractivity contribution in [2.45, 2.75) is 6.54 Å². The second-order valence-electron chi connectivity index (χ2n) is 5.51. The van der Waals surface area contributed by atoms with Gasteiger partial charge < -0.3 is 19.9 Å². The molecule has 0 aliphatic heterocycles. The molecule has 0 spiro atoms. The maximum atomic E-state index is 12.2. The number of nitrogens with one attached hydrogen (secondary N) is 1. The van der Waals surface area contributed by atoms with Crippen LogP contribution in [0.25, 0.3) is 6.08 Å². The molecule has 0 saturated heterocycles. The minimum atomic E-state index is -0.470. The van der Waals surface area contributed by atoms with E-state index in [1.807, 2.05) is 12.1 Å². The lowest BCUT2D eigenvalue weighted by molar-refractivity contribution is -0.117. The van der Waals surface area contributed by atoms with Gasteiger partial charge in [0.25, 0.3) is 5.91 Å². The summed E-state index contributed by atoms with van der Waals surface area (Å²) in [7, 11) is 3.09. The van der Waals surface area contributed by atoms with Crippen LogP contribution in [-0.4, -0.2) is 25.2 Å². The minimum absolute atomic E-state index is 0.00879. The number of rotatable bonds is 7. The Morgan fingerprint density at radius 1 is 1.15 bits per heavy atom. The first kappa shape index (κ1) is 19.6. The van der Waals surface area contributed by atoms with Crippen LogP contribution in [-0.2, 0) is 11.3 Å². The molecule has 0 atom stereocenters. The fourth-order valence-corrected chi connectivity index (χ4v) is 2.27. The Balaban J connectivity index is 2.00. The summed E-state index contributed by atoms with van der Waals surface area (Å²) in [6.07, 6.45) is 4.79. The number of carbonyl (C=O) groups excluding carboxylic acids is 1. The lowest BCUT2D eigenvalue weighted by Crippen LogP contribution is -2.24. The number of ether oxygens (including phenoxy) is 2. The van der Waals surface area contributed by atoms with Crippen molar-refractivity contribution in [2.24, 2.45) is 0 Å². The lowest BCUT2D eigenvalue weighted by Gasteiger charge is -2.10. The number of nitrogens with zero attached hydrogens (tertiary/aromatic N) is 1. The van der Waals surface area contributed by atoms with Gasteiger partial charge in [-0.1, -0.05) is 30.4 Å². The number of amides is 1. The van der Waals surface area contributed by atoms with E-state index in [1.165, 1.54) is 13.2 Å². The molecule has 0 aliphatic rings. The summed E-state index contributed by atoms with van der Waals surface area (Å²) in [4.78, 5) is 12.2. The van der Waals surface area contributed by atoms with Crippen LogP contribution in [0.5, 0.6) is 17.2 Å². The minimum Gasteiger partial charge on any atom is -0.508 e. The van der Waals surface area contributed by atoms with Crippen LogP contribution in [0, 0.1) is 11.3 Å². The molecule has 1 amide bonds. The van der Waals surface area contributed by atoms with Gasteiger partial charge in [-0.25, -0.2) is 0 Å². The summed E-state index contributed by atoms with van der Waals surface area (Å²) in [6.45, 7) is 0.250. The van der Waals surface area contributed by atoms with Gasteiger partial charge in [0.05, 0.1) is 14.2 Å². The number of hydrogen-bond acceptors (Lipinski definition) is 5. The van der Waals surface area contributed by atoms with Gasteiger partial charge in [-0.15, -0.1) is 0 Å². The van der Waals surface area contributed by atoms with Gasteiger partial charge in [0.1, 0.15) is 17.4 Å². The van der Waals surface area contributed by atoms with E-state index in [1.54, 1.807) is 55.7 Å². The molecule has 0 saturated carbocycles. The Bertz CT molecular complexity index is 893. The highest BCUT2D eigenvalue weighted by Gasteiger charge is 2.09. The average molecular weight is 364 g/mol. The Kier molecular flexibility index (Phi) is 7.03. The van der Waals surface area contributed by atoms with E-state index >= 15 is 0 Å². The smallest absolute Gasteiger partial charge is 0.262 e. The van der Waals surface area contributed by atoms with Crippen LogP contribution in [0.1, 0.15) is 11.1 Å². The molecule has 2 aromatic carbocycles. The predicted molar refractivity (Wildman–Crippen MR) is 102 cm³/mol. The molecule has 0 bridgehead atoms. The molecular formula is C21H20N2O4. The Morgan fingerprint density at radius 2 is 1.85 bits per heavy atom. The van der Waals surface area contributed by atoms with E-state index in [0.717, 1.165) is 11.1 Å². The molecule has 2 N–H and O–H groups in total. The summed E-state index contributed by atoms with van der Waals surface area (Å²) in [5, 5.41) is 21.1. The van der Waals surface area contributed by atoms with Gasteiger partial charge in [-0.2, -0.15) is 5.26 Å². The largest absolute Gasteiger partial charge is 0.508 e. The predicted octanol–water partition coefficient (Wildman–Crippen LogP) is 3.19. The fraction of sp³-hybridized carbons (Fsp3) is 0.143. The highest BCUT2D eigenvalue weighted by Crippen LogP contribution is 2.27. The fourth-order valence-electron chi connectivity index (χ4n) is 2.27. The Labute approximate surface area is 158 Å². The molecular weight excluding hydrogens is 344 g/mol. The van der Waals surface area contributed by atoms with Crippen molar-refractivity contribution in [3.05, 3.63) is 71.3 Å². The van der Waals surface area contributed by atoms with E-state index in [2.05, 4.69) is 5.32 Å². The Morgan fingerprint density at radius 3 is 2.48 bits per heavy atom. The maximum Gasteiger partial charge on any atom is 0.262 e. The van der Waals surface area contributed by atoms with Gasteiger partial charge in [-0.05, 0) is 41.5 Å². The van der Waals surface area contributed by atoms with Crippen molar-refractivity contribution in [1.82, 2.24) is 5.32 Å². The molecule has 2 aromatic rings. The number of benzene rings is 2. The Hall–Kier alpha value is -3.72. The number of hydrogen-bond donors (Lipinski definition) is 2. The molecule has 27 heavy (non-hydrogen) atoms. The SMILES string of the molecule is COc1ccc(CNC(=O)/C(C#N)=C/C=C/c2ccc(O)cc2)cc1OC. The van der Waals surface area contributed by atoms with Gasteiger partial charge in [0.2, 0.25) is 0 Å². The zero-order chi connectivity index (χ0) is 19.6. The van der Waals surface area contributed by atoms with Crippen molar-refractivity contribution >= 4 is 12.0 Å². The van der Waals surface area contributed by atoms with E-state index in [4.69, 9.17) is 9.47 Å². The van der Waals surface area contributed by atoms with E-state index in [-0.39, 0.29) is 17.9 Å². The van der Waals surface area contributed by atoms with Crippen molar-refractivity contribution in [3.8, 4) is 23.3 Å². The van der Waals surface area contributed by atoms with Crippen LogP contribution in [0.3, 0.4) is 0 Å². The van der Waals surface area contributed by atoms with Crippen LogP contribution in [0.15, 0.2) is 60.2 Å². The molecule has 2 rings (SSSR count). The molecule has 0 fully saturated rings. The van der Waals surface area contributed by atoms with Crippen molar-refractivity contribution in [3.63, 3.8) is 0 Å². The number of allylic oxidation sites excluding steroid dienone is 2. The second kappa shape index (κ2) is 9.68. The third kappa shape index (κ3) is 5.65. The van der Waals surface area contributed by atoms with Gasteiger partial charge in [0.15, 0.2) is 11.5 Å². The summed E-state index contributed by atoms with van der Waals surface area (Å²) < 4.78 is 10.4. The van der Waals surface area contributed by atoms with Crippen LogP contribution in [0.4, 0.5) is 0 Å². The monoisotopic (exact) mass is 364 g/mol. The maximum absolute atomic E-state index is 12.2. The molecule has 0 unspecified atom stereocenters. The first-order valence-electron chi connectivity index (χ1n) is 8.14. The van der Waals surface area contributed by atoms with Crippen LogP contribution < -0.4 is 14.8 Å². The molecule has 0 aliphatic carbocycles. The first-order valence-corrected chi connectivity index (χ1v) is 8.14. The molecule has 0 heterocycles. The highest BCUT2D eigenvalue weighted by molar-refractivity contribution is 5.97. The number of methoxy groups -OCH3 is 2.